The van der Waals surface area contributed by atoms with Crippen LogP contribution >= 0.6 is 0 Å². The van der Waals surface area contributed by atoms with Gasteiger partial charge in [-0.1, -0.05) is 36.4 Å². The lowest BCUT2D eigenvalue weighted by Gasteiger charge is -2.23. The largest absolute Gasteiger partial charge is 0.360 e. The molecule has 3 heteroatoms. The molecule has 0 radical (unpaired) electrons. The van der Waals surface area contributed by atoms with Crippen molar-refractivity contribution in [3.63, 3.8) is 0 Å². The highest BCUT2D eigenvalue weighted by Crippen LogP contribution is 2.34. The topological polar surface area (TPSA) is 29.3 Å². The molecule has 1 heterocycles. The highest BCUT2D eigenvalue weighted by molar-refractivity contribution is 5.59. The van der Waals surface area contributed by atoms with Crippen LogP contribution in [-0.4, -0.2) is 0 Å². The first kappa shape index (κ1) is 12.2. The molecular weight excluding hydrogens is 239 g/mol. The van der Waals surface area contributed by atoms with Gasteiger partial charge in [-0.3, -0.25) is 0 Å². The van der Waals surface area contributed by atoms with E-state index in [1.165, 1.54) is 17.2 Å². The average Bonchev–Trinajstić information content (AvgIpc) is 2.81. The zero-order chi connectivity index (χ0) is 13.4. The fourth-order valence-corrected chi connectivity index (χ4v) is 2.72. The first-order valence-corrected chi connectivity index (χ1v) is 6.52. The second kappa shape index (κ2) is 4.67. The molecule has 0 amide bonds. The minimum absolute atomic E-state index is 0.172. The lowest BCUT2D eigenvalue weighted by atomic mass is 10.1. The van der Waals surface area contributed by atoms with Crippen molar-refractivity contribution < 1.29 is 4.39 Å². The third-order valence-electron chi connectivity index (χ3n) is 3.67. The number of hydrogen-bond donors (Lipinski definition) is 1. The molecule has 1 aliphatic rings. The smallest absolute Gasteiger partial charge is 0.146 e. The number of hydrogen-bond acceptors (Lipinski definition) is 2. The van der Waals surface area contributed by atoms with Crippen LogP contribution in [-0.2, 0) is 13.1 Å². The maximum atomic E-state index is 14.2. The molecule has 0 aromatic heterocycles. The quantitative estimate of drug-likeness (QED) is 0.892. The van der Waals surface area contributed by atoms with Gasteiger partial charge in [0.25, 0.3) is 0 Å². The fraction of sp³-hybridized carbons (Fsp3) is 0.250. The lowest BCUT2D eigenvalue weighted by Crippen LogP contribution is -2.20. The number of anilines is 1. The van der Waals surface area contributed by atoms with Crippen LogP contribution in [0, 0.1) is 5.82 Å². The Hall–Kier alpha value is -1.87. The maximum absolute atomic E-state index is 14.2. The highest BCUT2D eigenvalue weighted by Gasteiger charge is 2.24. The number of para-hydroxylation sites is 1. The SMILES string of the molecule is C[C@H](N)c1cccc(F)c1N1Cc2ccccc2C1. The molecule has 98 valence electrons. The Bertz CT molecular complexity index is 582. The third-order valence-corrected chi connectivity index (χ3v) is 3.67. The van der Waals surface area contributed by atoms with Crippen molar-refractivity contribution in [1.82, 2.24) is 0 Å². The van der Waals surface area contributed by atoms with Crippen LogP contribution in [0.5, 0.6) is 0 Å². The van der Waals surface area contributed by atoms with Crippen molar-refractivity contribution in [3.05, 3.63) is 65.0 Å². The van der Waals surface area contributed by atoms with Gasteiger partial charge in [-0.15, -0.1) is 0 Å². The van der Waals surface area contributed by atoms with E-state index in [1.54, 1.807) is 6.07 Å². The summed E-state index contributed by atoms with van der Waals surface area (Å²) in [6, 6.07) is 13.2. The molecule has 0 aliphatic carbocycles. The second-order valence-corrected chi connectivity index (χ2v) is 5.09. The zero-order valence-corrected chi connectivity index (χ0v) is 10.9. The molecule has 0 unspecified atom stereocenters. The molecule has 2 nitrogen and oxygen atoms in total. The van der Waals surface area contributed by atoms with E-state index in [1.807, 2.05) is 25.1 Å². The second-order valence-electron chi connectivity index (χ2n) is 5.09. The van der Waals surface area contributed by atoms with Crippen LogP contribution in [0.3, 0.4) is 0 Å². The Morgan fingerprint density at radius 2 is 1.68 bits per heavy atom. The number of nitrogens with two attached hydrogens (primary N) is 1. The molecule has 1 atom stereocenters. The van der Waals surface area contributed by atoms with E-state index in [0.29, 0.717) is 5.69 Å². The van der Waals surface area contributed by atoms with Crippen LogP contribution in [0.25, 0.3) is 0 Å². The van der Waals surface area contributed by atoms with Gasteiger partial charge in [0, 0.05) is 19.1 Å². The van der Waals surface area contributed by atoms with E-state index < -0.39 is 0 Å². The molecule has 0 saturated carbocycles. The van der Waals surface area contributed by atoms with Crippen molar-refractivity contribution in [1.29, 1.82) is 0 Å². The van der Waals surface area contributed by atoms with E-state index in [0.717, 1.165) is 18.7 Å². The first-order chi connectivity index (χ1) is 9.16. The molecule has 3 rings (SSSR count). The summed E-state index contributed by atoms with van der Waals surface area (Å²) < 4.78 is 14.2. The number of rotatable bonds is 2. The molecule has 2 N–H and O–H groups in total. The highest BCUT2D eigenvalue weighted by atomic mass is 19.1. The summed E-state index contributed by atoms with van der Waals surface area (Å²) in [5.41, 5.74) is 10.0. The van der Waals surface area contributed by atoms with E-state index in [4.69, 9.17) is 5.73 Å². The van der Waals surface area contributed by atoms with E-state index in [9.17, 15) is 4.39 Å². The Morgan fingerprint density at radius 3 is 2.26 bits per heavy atom. The van der Waals surface area contributed by atoms with Crippen molar-refractivity contribution in [2.75, 3.05) is 4.90 Å². The molecule has 0 fully saturated rings. The van der Waals surface area contributed by atoms with Gasteiger partial charge in [-0.05, 0) is 29.7 Å². The average molecular weight is 256 g/mol. The number of halogens is 1. The van der Waals surface area contributed by atoms with Gasteiger partial charge in [0.15, 0.2) is 0 Å². The van der Waals surface area contributed by atoms with E-state index in [-0.39, 0.29) is 11.9 Å². The predicted molar refractivity (Wildman–Crippen MR) is 75.3 cm³/mol. The monoisotopic (exact) mass is 256 g/mol. The molecule has 19 heavy (non-hydrogen) atoms. The van der Waals surface area contributed by atoms with Crippen LogP contribution in [0.2, 0.25) is 0 Å². The standard InChI is InChI=1S/C16H17FN2/c1-11(18)14-7-4-8-15(17)16(14)19-9-12-5-2-3-6-13(12)10-19/h2-8,11H,9-10,18H2,1H3/t11-/m0/s1. The van der Waals surface area contributed by atoms with Gasteiger partial charge in [0.2, 0.25) is 0 Å². The lowest BCUT2D eigenvalue weighted by molar-refractivity contribution is 0.613. The molecule has 2 aromatic carbocycles. The van der Waals surface area contributed by atoms with Gasteiger partial charge in [0.05, 0.1) is 5.69 Å². The minimum Gasteiger partial charge on any atom is -0.360 e. The Balaban J connectivity index is 2.01. The van der Waals surface area contributed by atoms with E-state index in [2.05, 4.69) is 17.0 Å². The molecular formula is C16H17FN2. The summed E-state index contributed by atoms with van der Waals surface area (Å²) in [4.78, 5) is 2.07. The summed E-state index contributed by atoms with van der Waals surface area (Å²) in [7, 11) is 0. The molecule has 1 aliphatic heterocycles. The zero-order valence-electron chi connectivity index (χ0n) is 10.9. The predicted octanol–water partition coefficient (Wildman–Crippen LogP) is 3.37. The summed E-state index contributed by atoms with van der Waals surface area (Å²) in [5.74, 6) is -0.192. The summed E-state index contributed by atoms with van der Waals surface area (Å²) in [5, 5.41) is 0. The molecule has 2 aromatic rings. The van der Waals surface area contributed by atoms with Crippen LogP contribution in [0.1, 0.15) is 29.7 Å². The first-order valence-electron chi connectivity index (χ1n) is 6.52. The van der Waals surface area contributed by atoms with E-state index >= 15 is 0 Å². The molecule has 0 saturated heterocycles. The number of nitrogens with zero attached hydrogens (tertiary/aromatic N) is 1. The van der Waals surface area contributed by atoms with Crippen molar-refractivity contribution in [3.8, 4) is 0 Å². The fourth-order valence-electron chi connectivity index (χ4n) is 2.72. The number of fused-ring (bicyclic) bond motifs is 1. The van der Waals surface area contributed by atoms with Crippen molar-refractivity contribution in [2.24, 2.45) is 5.73 Å². The van der Waals surface area contributed by atoms with Crippen LogP contribution < -0.4 is 10.6 Å². The Labute approximate surface area is 112 Å². The summed E-state index contributed by atoms with van der Waals surface area (Å²) in [6.45, 7) is 3.38. The maximum Gasteiger partial charge on any atom is 0.146 e. The van der Waals surface area contributed by atoms with Gasteiger partial charge >= 0.3 is 0 Å². The third kappa shape index (κ3) is 2.10. The van der Waals surface area contributed by atoms with Gasteiger partial charge < -0.3 is 10.6 Å². The minimum atomic E-state index is -0.192. The van der Waals surface area contributed by atoms with Gasteiger partial charge in [0.1, 0.15) is 5.82 Å². The van der Waals surface area contributed by atoms with Gasteiger partial charge in [-0.2, -0.15) is 0 Å². The van der Waals surface area contributed by atoms with Crippen LogP contribution in [0.15, 0.2) is 42.5 Å². The Kier molecular flexibility index (Phi) is 2.99. The molecule has 0 bridgehead atoms. The summed E-state index contributed by atoms with van der Waals surface area (Å²) >= 11 is 0. The van der Waals surface area contributed by atoms with Gasteiger partial charge in [-0.25, -0.2) is 4.39 Å². The van der Waals surface area contributed by atoms with Crippen molar-refractivity contribution in [2.45, 2.75) is 26.1 Å². The van der Waals surface area contributed by atoms with Crippen molar-refractivity contribution >= 4 is 5.69 Å². The molecule has 0 spiro atoms. The van der Waals surface area contributed by atoms with Crippen LogP contribution in [0.4, 0.5) is 10.1 Å². The Morgan fingerprint density at radius 1 is 1.05 bits per heavy atom. The normalized spacial score (nSPS) is 15.4. The number of benzene rings is 2. The summed E-state index contributed by atoms with van der Waals surface area (Å²) in [6.07, 6.45) is 0.